The average Bonchev–Trinajstić information content (AvgIpc) is 2.36. The fraction of sp³-hybridized carbons (Fsp3) is 0. The highest BCUT2D eigenvalue weighted by molar-refractivity contribution is 14.1. The Morgan fingerprint density at radius 3 is 2.11 bits per heavy atom. The summed E-state index contributed by atoms with van der Waals surface area (Å²) in [6.07, 6.45) is 0. The molecule has 0 heterocycles. The Labute approximate surface area is 117 Å². The summed E-state index contributed by atoms with van der Waals surface area (Å²) >= 11 is 1.85. The van der Waals surface area contributed by atoms with Gasteiger partial charge in [0.1, 0.15) is 5.75 Å². The maximum Gasteiger partial charge on any atom is 0.196 e. The van der Waals surface area contributed by atoms with E-state index >= 15 is 0 Å². The largest absolute Gasteiger partial charge is 0.508 e. The van der Waals surface area contributed by atoms with Gasteiger partial charge in [-0.1, -0.05) is 0 Å². The van der Waals surface area contributed by atoms with E-state index in [0.29, 0.717) is 9.13 Å². The van der Waals surface area contributed by atoms with E-state index in [9.17, 15) is 15.0 Å². The molecule has 5 heteroatoms. The Morgan fingerprint density at radius 1 is 0.889 bits per heavy atom. The molecule has 3 N–H and O–H groups in total. The highest BCUT2D eigenvalue weighted by Crippen LogP contribution is 2.34. The van der Waals surface area contributed by atoms with Crippen molar-refractivity contribution in [3.63, 3.8) is 0 Å². The lowest BCUT2D eigenvalue weighted by atomic mass is 10.0. The molecule has 0 bridgehead atoms. The lowest BCUT2D eigenvalue weighted by Gasteiger charge is -2.07. The van der Waals surface area contributed by atoms with Crippen LogP contribution >= 0.6 is 22.6 Å². The van der Waals surface area contributed by atoms with Crippen LogP contribution in [0.4, 0.5) is 0 Å². The molecule has 2 aromatic carbocycles. The van der Waals surface area contributed by atoms with Gasteiger partial charge in [-0.05, 0) is 59.0 Å². The molecule has 0 saturated carbocycles. The Kier molecular flexibility index (Phi) is 3.42. The van der Waals surface area contributed by atoms with Crippen molar-refractivity contribution in [3.8, 4) is 17.2 Å². The van der Waals surface area contributed by atoms with Crippen molar-refractivity contribution < 1.29 is 20.1 Å². The number of hydrogen-bond donors (Lipinski definition) is 3. The topological polar surface area (TPSA) is 77.8 Å². The number of ketones is 1. The second-order valence-corrected chi connectivity index (χ2v) is 4.83. The molecule has 2 rings (SSSR count). The van der Waals surface area contributed by atoms with Gasteiger partial charge in [-0.25, -0.2) is 0 Å². The third-order valence-corrected chi connectivity index (χ3v) is 3.35. The number of rotatable bonds is 2. The number of aromatic hydroxyl groups is 3. The van der Waals surface area contributed by atoms with Crippen LogP contribution in [0.15, 0.2) is 36.4 Å². The monoisotopic (exact) mass is 356 g/mol. The summed E-state index contributed by atoms with van der Waals surface area (Å²) in [5.41, 5.74) is 0.349. The average molecular weight is 356 g/mol. The van der Waals surface area contributed by atoms with Gasteiger partial charge in [-0.15, -0.1) is 0 Å². The summed E-state index contributed by atoms with van der Waals surface area (Å²) in [6.45, 7) is 0. The van der Waals surface area contributed by atoms with Crippen molar-refractivity contribution in [1.29, 1.82) is 0 Å². The van der Waals surface area contributed by atoms with Crippen LogP contribution in [-0.2, 0) is 0 Å². The SMILES string of the molecule is O=C(c1ccc(O)cc1)c1ccc(I)c(O)c1O. The molecule has 0 unspecified atom stereocenters. The van der Waals surface area contributed by atoms with Crippen molar-refractivity contribution in [2.45, 2.75) is 0 Å². The standard InChI is InChI=1S/C13H9IO4/c14-10-6-5-9(12(17)13(10)18)11(16)7-1-3-8(15)4-2-7/h1-6,15,17-18H. The Hall–Kier alpha value is -1.76. The second kappa shape index (κ2) is 4.85. The Bertz CT molecular complexity index is 605. The zero-order valence-corrected chi connectivity index (χ0v) is 11.2. The second-order valence-electron chi connectivity index (χ2n) is 3.67. The van der Waals surface area contributed by atoms with Gasteiger partial charge in [-0.2, -0.15) is 0 Å². The molecular weight excluding hydrogens is 347 g/mol. The predicted molar refractivity (Wildman–Crippen MR) is 74.0 cm³/mol. The van der Waals surface area contributed by atoms with Crippen LogP contribution in [0.3, 0.4) is 0 Å². The van der Waals surface area contributed by atoms with Gasteiger partial charge in [0, 0.05) is 5.56 Å². The van der Waals surface area contributed by atoms with E-state index in [4.69, 9.17) is 5.11 Å². The normalized spacial score (nSPS) is 10.3. The maximum atomic E-state index is 12.1. The molecule has 0 aromatic heterocycles. The molecule has 0 radical (unpaired) electrons. The zero-order chi connectivity index (χ0) is 13.3. The number of carbonyl (C=O) groups excluding carboxylic acids is 1. The lowest BCUT2D eigenvalue weighted by Crippen LogP contribution is -2.01. The summed E-state index contributed by atoms with van der Waals surface area (Å²) in [4.78, 5) is 12.1. The van der Waals surface area contributed by atoms with E-state index < -0.39 is 11.5 Å². The molecule has 92 valence electrons. The first-order chi connectivity index (χ1) is 8.50. The third-order valence-electron chi connectivity index (χ3n) is 2.48. The van der Waals surface area contributed by atoms with Gasteiger partial charge in [0.15, 0.2) is 17.3 Å². The summed E-state index contributed by atoms with van der Waals surface area (Å²) in [5.74, 6) is -1.10. The number of carbonyl (C=O) groups is 1. The van der Waals surface area contributed by atoms with Crippen molar-refractivity contribution in [2.75, 3.05) is 0 Å². The van der Waals surface area contributed by atoms with Gasteiger partial charge < -0.3 is 15.3 Å². The van der Waals surface area contributed by atoms with Gasteiger partial charge in [0.2, 0.25) is 0 Å². The highest BCUT2D eigenvalue weighted by atomic mass is 127. The quantitative estimate of drug-likeness (QED) is 0.439. The molecule has 0 aliphatic carbocycles. The van der Waals surface area contributed by atoms with Crippen molar-refractivity contribution in [3.05, 3.63) is 51.1 Å². The van der Waals surface area contributed by atoms with E-state index in [0.717, 1.165) is 0 Å². The van der Waals surface area contributed by atoms with Crippen LogP contribution in [0.5, 0.6) is 17.2 Å². The van der Waals surface area contributed by atoms with Crippen LogP contribution in [0, 0.1) is 3.57 Å². The minimum atomic E-state index is -0.431. The molecule has 2 aromatic rings. The first-order valence-corrected chi connectivity index (χ1v) is 6.12. The van der Waals surface area contributed by atoms with Crippen LogP contribution < -0.4 is 0 Å². The van der Waals surface area contributed by atoms with Gasteiger partial charge in [0.05, 0.1) is 9.13 Å². The minimum Gasteiger partial charge on any atom is -0.508 e. The molecule has 0 spiro atoms. The molecule has 0 aliphatic heterocycles. The van der Waals surface area contributed by atoms with E-state index in [-0.39, 0.29) is 17.1 Å². The molecule has 4 nitrogen and oxygen atoms in total. The predicted octanol–water partition coefficient (Wildman–Crippen LogP) is 2.64. The molecule has 0 atom stereocenters. The zero-order valence-electron chi connectivity index (χ0n) is 9.09. The summed E-state index contributed by atoms with van der Waals surface area (Å²) in [6, 6.07) is 8.67. The van der Waals surface area contributed by atoms with Crippen LogP contribution in [0.25, 0.3) is 0 Å². The van der Waals surface area contributed by atoms with E-state index in [1.807, 2.05) is 22.6 Å². The van der Waals surface area contributed by atoms with Gasteiger partial charge >= 0.3 is 0 Å². The maximum absolute atomic E-state index is 12.1. The lowest BCUT2D eigenvalue weighted by molar-refractivity contribution is 0.103. The molecule has 0 aliphatic rings. The number of hydrogen-bond acceptors (Lipinski definition) is 4. The Balaban J connectivity index is 2.46. The number of phenolic OH excluding ortho intramolecular Hbond substituents is 3. The molecular formula is C13H9IO4. The summed E-state index contributed by atoms with van der Waals surface area (Å²) in [5, 5.41) is 28.5. The molecule has 0 saturated heterocycles. The molecule has 0 fully saturated rings. The fourth-order valence-corrected chi connectivity index (χ4v) is 1.94. The van der Waals surface area contributed by atoms with Gasteiger partial charge in [0.25, 0.3) is 0 Å². The third kappa shape index (κ3) is 2.26. The van der Waals surface area contributed by atoms with Crippen LogP contribution in [-0.4, -0.2) is 21.1 Å². The molecule has 0 amide bonds. The minimum absolute atomic E-state index is 0.0265. The number of phenols is 3. The van der Waals surface area contributed by atoms with E-state index in [1.165, 1.54) is 30.3 Å². The summed E-state index contributed by atoms with van der Waals surface area (Å²) < 4.78 is 0.465. The highest BCUT2D eigenvalue weighted by Gasteiger charge is 2.17. The van der Waals surface area contributed by atoms with Crippen LogP contribution in [0.1, 0.15) is 15.9 Å². The van der Waals surface area contributed by atoms with Gasteiger partial charge in [-0.3, -0.25) is 4.79 Å². The Morgan fingerprint density at radius 2 is 1.50 bits per heavy atom. The molecule has 18 heavy (non-hydrogen) atoms. The first-order valence-electron chi connectivity index (χ1n) is 5.05. The first kappa shape index (κ1) is 12.7. The van der Waals surface area contributed by atoms with Crippen LogP contribution in [0.2, 0.25) is 0 Å². The smallest absolute Gasteiger partial charge is 0.196 e. The van der Waals surface area contributed by atoms with E-state index in [1.54, 1.807) is 6.07 Å². The number of benzene rings is 2. The van der Waals surface area contributed by atoms with Crippen molar-refractivity contribution >= 4 is 28.4 Å². The van der Waals surface area contributed by atoms with Crippen molar-refractivity contribution in [2.24, 2.45) is 0 Å². The van der Waals surface area contributed by atoms with Crippen molar-refractivity contribution in [1.82, 2.24) is 0 Å². The fourth-order valence-electron chi connectivity index (χ4n) is 1.51. The van der Waals surface area contributed by atoms with E-state index in [2.05, 4.69) is 0 Å². The summed E-state index contributed by atoms with van der Waals surface area (Å²) in [7, 11) is 0. The number of halogens is 1.